The fraction of sp³-hybridized carbons (Fsp3) is 0.294. The van der Waals surface area contributed by atoms with Crippen molar-refractivity contribution in [3.05, 3.63) is 59.0 Å². The molecule has 2 rings (SSSR count). The van der Waals surface area contributed by atoms with Crippen LogP contribution in [0, 0.1) is 0 Å². The molecule has 1 aliphatic carbocycles. The van der Waals surface area contributed by atoms with Crippen molar-refractivity contribution in [2.45, 2.75) is 31.4 Å². The Hall–Kier alpha value is -2.01. The molecule has 0 fully saturated rings. The SMILES string of the molecule is CC=CC(=O)ONC(=O)C(Cc1ccccc1)SC1=CCC1. The normalized spacial score (nSPS) is 14.9. The van der Waals surface area contributed by atoms with Gasteiger partial charge < -0.3 is 4.84 Å². The second-order valence-electron chi connectivity index (χ2n) is 4.89. The number of hydrogen-bond acceptors (Lipinski definition) is 4. The fourth-order valence-electron chi connectivity index (χ4n) is 1.90. The first kappa shape index (κ1) is 16.4. The lowest BCUT2D eigenvalue weighted by atomic mass is 10.1. The van der Waals surface area contributed by atoms with Crippen LogP contribution in [0.1, 0.15) is 25.3 Å². The number of carbonyl (C=O) groups excluding carboxylic acids is 2. The van der Waals surface area contributed by atoms with Gasteiger partial charge in [-0.25, -0.2) is 4.79 Å². The molecule has 1 atom stereocenters. The molecule has 22 heavy (non-hydrogen) atoms. The molecule has 1 N–H and O–H groups in total. The quantitative estimate of drug-likeness (QED) is 0.647. The monoisotopic (exact) mass is 317 g/mol. The van der Waals surface area contributed by atoms with Gasteiger partial charge in [0, 0.05) is 6.08 Å². The van der Waals surface area contributed by atoms with Gasteiger partial charge in [-0.15, -0.1) is 11.8 Å². The molecule has 5 heteroatoms. The molecule has 0 heterocycles. The van der Waals surface area contributed by atoms with Crippen LogP contribution in [-0.4, -0.2) is 17.1 Å². The molecule has 1 aromatic carbocycles. The molecule has 0 saturated heterocycles. The predicted octanol–water partition coefficient (Wildman–Crippen LogP) is 3.16. The van der Waals surface area contributed by atoms with Gasteiger partial charge in [-0.05, 0) is 36.7 Å². The summed E-state index contributed by atoms with van der Waals surface area (Å²) in [6, 6.07) is 9.82. The van der Waals surface area contributed by atoms with Gasteiger partial charge in [-0.1, -0.05) is 42.5 Å². The summed E-state index contributed by atoms with van der Waals surface area (Å²) >= 11 is 1.54. The number of rotatable bonds is 6. The maximum absolute atomic E-state index is 12.3. The fourth-order valence-corrected chi connectivity index (χ4v) is 3.15. The summed E-state index contributed by atoms with van der Waals surface area (Å²) in [5, 5.41) is -0.313. The van der Waals surface area contributed by atoms with Crippen molar-refractivity contribution in [1.29, 1.82) is 0 Å². The molecule has 1 amide bonds. The molecule has 0 saturated carbocycles. The Bertz CT molecular complexity index is 581. The first-order valence-electron chi connectivity index (χ1n) is 7.22. The molecular weight excluding hydrogens is 298 g/mol. The molecule has 0 bridgehead atoms. The van der Waals surface area contributed by atoms with Gasteiger partial charge in [0.15, 0.2) is 0 Å². The lowest BCUT2D eigenvalue weighted by Gasteiger charge is -2.20. The Kier molecular flexibility index (Phi) is 6.27. The van der Waals surface area contributed by atoms with E-state index in [1.165, 1.54) is 22.7 Å². The second kappa shape index (κ2) is 8.44. The van der Waals surface area contributed by atoms with Gasteiger partial charge >= 0.3 is 5.97 Å². The van der Waals surface area contributed by atoms with Crippen molar-refractivity contribution < 1.29 is 14.4 Å². The third-order valence-electron chi connectivity index (χ3n) is 3.17. The smallest absolute Gasteiger partial charge is 0.336 e. The standard InChI is InChI=1S/C17H19NO3S/c1-2-7-16(19)21-18-17(20)15(22-14-10-6-11-14)12-13-8-4-3-5-9-13/h2-5,7-10,15H,6,11-12H2,1H3,(H,18,20). The van der Waals surface area contributed by atoms with Crippen LogP contribution in [0.25, 0.3) is 0 Å². The summed E-state index contributed by atoms with van der Waals surface area (Å²) in [6.45, 7) is 1.71. The zero-order chi connectivity index (χ0) is 15.8. The maximum atomic E-state index is 12.3. The number of allylic oxidation sites excluding steroid dienone is 3. The molecule has 1 unspecified atom stereocenters. The molecule has 0 radical (unpaired) electrons. The van der Waals surface area contributed by atoms with E-state index in [9.17, 15) is 9.59 Å². The summed E-state index contributed by atoms with van der Waals surface area (Å²) in [5.41, 5.74) is 3.33. The summed E-state index contributed by atoms with van der Waals surface area (Å²) in [7, 11) is 0. The van der Waals surface area contributed by atoms with Crippen LogP contribution < -0.4 is 5.48 Å². The van der Waals surface area contributed by atoms with E-state index in [1.807, 2.05) is 30.3 Å². The molecule has 0 aromatic heterocycles. The topological polar surface area (TPSA) is 55.4 Å². The minimum absolute atomic E-state index is 0.292. The minimum Gasteiger partial charge on any atom is -0.336 e. The molecule has 4 nitrogen and oxygen atoms in total. The van der Waals surface area contributed by atoms with Crippen LogP contribution in [0.5, 0.6) is 0 Å². The molecule has 116 valence electrons. The average Bonchev–Trinajstić information content (AvgIpc) is 2.48. The van der Waals surface area contributed by atoms with Crippen LogP contribution >= 0.6 is 11.8 Å². The van der Waals surface area contributed by atoms with Crippen molar-refractivity contribution >= 4 is 23.6 Å². The summed E-state index contributed by atoms with van der Waals surface area (Å²) in [5.74, 6) is -0.873. The number of hydrogen-bond donors (Lipinski definition) is 1. The van der Waals surface area contributed by atoms with Crippen LogP contribution in [-0.2, 0) is 20.8 Å². The minimum atomic E-state index is -0.581. The average molecular weight is 317 g/mol. The summed E-state index contributed by atoms with van der Waals surface area (Å²) in [4.78, 5) is 29.5. The van der Waals surface area contributed by atoms with E-state index in [-0.39, 0.29) is 11.2 Å². The Morgan fingerprint density at radius 1 is 1.36 bits per heavy atom. The lowest BCUT2D eigenvalue weighted by molar-refractivity contribution is -0.153. The van der Waals surface area contributed by atoms with Gasteiger partial charge in [-0.3, -0.25) is 4.79 Å². The predicted molar refractivity (Wildman–Crippen MR) is 87.9 cm³/mol. The number of amides is 1. The van der Waals surface area contributed by atoms with E-state index >= 15 is 0 Å². The zero-order valence-corrected chi connectivity index (χ0v) is 13.3. The van der Waals surface area contributed by atoms with Gasteiger partial charge in [0.2, 0.25) is 0 Å². The van der Waals surface area contributed by atoms with E-state index < -0.39 is 5.97 Å². The highest BCUT2D eigenvalue weighted by molar-refractivity contribution is 8.04. The largest absolute Gasteiger partial charge is 0.355 e. The van der Waals surface area contributed by atoms with Crippen LogP contribution in [0.15, 0.2) is 53.5 Å². The van der Waals surface area contributed by atoms with Gasteiger partial charge in [0.05, 0.1) is 5.25 Å². The van der Waals surface area contributed by atoms with E-state index in [2.05, 4.69) is 11.6 Å². The van der Waals surface area contributed by atoms with Crippen molar-refractivity contribution in [3.8, 4) is 0 Å². The molecule has 1 aliphatic rings. The van der Waals surface area contributed by atoms with Crippen LogP contribution in [0.4, 0.5) is 0 Å². The molecule has 0 spiro atoms. The number of carbonyl (C=O) groups is 2. The van der Waals surface area contributed by atoms with Gasteiger partial charge in [0.1, 0.15) is 0 Å². The molecule has 1 aromatic rings. The third kappa shape index (κ3) is 5.07. The Balaban J connectivity index is 1.96. The van der Waals surface area contributed by atoms with Crippen LogP contribution in [0.3, 0.4) is 0 Å². The zero-order valence-electron chi connectivity index (χ0n) is 12.5. The first-order valence-corrected chi connectivity index (χ1v) is 8.10. The molecule has 0 aliphatic heterocycles. The van der Waals surface area contributed by atoms with Crippen LogP contribution in [0.2, 0.25) is 0 Å². The van der Waals surface area contributed by atoms with Gasteiger partial charge in [-0.2, -0.15) is 5.48 Å². The van der Waals surface area contributed by atoms with Crippen molar-refractivity contribution in [2.24, 2.45) is 0 Å². The highest BCUT2D eigenvalue weighted by Crippen LogP contribution is 2.34. The lowest BCUT2D eigenvalue weighted by Crippen LogP contribution is -2.35. The molecular formula is C17H19NO3S. The number of nitrogens with one attached hydrogen (secondary N) is 1. The Morgan fingerprint density at radius 3 is 2.68 bits per heavy atom. The Morgan fingerprint density at radius 2 is 2.09 bits per heavy atom. The number of benzene rings is 1. The van der Waals surface area contributed by atoms with Gasteiger partial charge in [0.25, 0.3) is 5.91 Å². The first-order chi connectivity index (χ1) is 10.7. The third-order valence-corrected chi connectivity index (χ3v) is 4.51. The second-order valence-corrected chi connectivity index (χ2v) is 6.22. The maximum Gasteiger partial charge on any atom is 0.355 e. The summed E-state index contributed by atoms with van der Waals surface area (Å²) in [6.07, 6.45) is 7.62. The van der Waals surface area contributed by atoms with Crippen molar-refractivity contribution in [2.75, 3.05) is 0 Å². The highest BCUT2D eigenvalue weighted by atomic mass is 32.2. The number of thioether (sulfide) groups is 1. The number of hydroxylamine groups is 1. The van der Waals surface area contributed by atoms with Crippen molar-refractivity contribution in [1.82, 2.24) is 5.48 Å². The van der Waals surface area contributed by atoms with E-state index in [0.717, 1.165) is 18.4 Å². The van der Waals surface area contributed by atoms with E-state index in [1.54, 1.807) is 13.0 Å². The van der Waals surface area contributed by atoms with E-state index in [4.69, 9.17) is 4.84 Å². The Labute approximate surface area is 134 Å². The highest BCUT2D eigenvalue weighted by Gasteiger charge is 2.23. The summed E-state index contributed by atoms with van der Waals surface area (Å²) < 4.78 is 0. The van der Waals surface area contributed by atoms with E-state index in [0.29, 0.717) is 6.42 Å². The van der Waals surface area contributed by atoms with Crippen molar-refractivity contribution in [3.63, 3.8) is 0 Å².